The Morgan fingerprint density at radius 1 is 1.18 bits per heavy atom. The molecule has 0 spiro atoms. The Bertz CT molecular complexity index is 981. The maximum Gasteiger partial charge on any atom is 0.255 e. The molecule has 2 aromatic carbocycles. The lowest BCUT2D eigenvalue weighted by atomic mass is 10.1. The monoisotopic (exact) mass is 399 g/mol. The number of aromatic nitrogens is 1. The first-order valence-corrected chi connectivity index (χ1v) is 9.02. The summed E-state index contributed by atoms with van der Waals surface area (Å²) >= 11 is 5.74. The van der Waals surface area contributed by atoms with E-state index in [0.717, 1.165) is 17.7 Å². The molecule has 28 heavy (non-hydrogen) atoms. The number of nitrogens with zero attached hydrogens (tertiary/aromatic N) is 1. The Hall–Kier alpha value is -3.12. The second-order valence-corrected chi connectivity index (χ2v) is 6.45. The lowest BCUT2D eigenvalue weighted by molar-refractivity contribution is 0.102. The molecule has 3 rings (SSSR count). The second kappa shape index (κ2) is 9.19. The zero-order valence-corrected chi connectivity index (χ0v) is 16.0. The lowest BCUT2D eigenvalue weighted by Gasteiger charge is -2.09. The molecule has 2 N–H and O–H groups in total. The van der Waals surface area contributed by atoms with Gasteiger partial charge in [-0.15, -0.1) is 0 Å². The van der Waals surface area contributed by atoms with Gasteiger partial charge >= 0.3 is 0 Å². The van der Waals surface area contributed by atoms with E-state index in [9.17, 15) is 9.18 Å². The van der Waals surface area contributed by atoms with E-state index in [1.807, 2.05) is 24.3 Å². The molecule has 0 fully saturated rings. The SMILES string of the molecule is COc1cccc(CCNc2cc(C(=O)Nc3ccc(F)c(Cl)c3)ccn2)c1. The number of methoxy groups -OCH3 is 1. The molecule has 1 heterocycles. The molecule has 5 nitrogen and oxygen atoms in total. The third-order valence-electron chi connectivity index (χ3n) is 4.05. The van der Waals surface area contributed by atoms with Crippen molar-refractivity contribution in [3.05, 3.63) is 82.8 Å². The van der Waals surface area contributed by atoms with Crippen LogP contribution in [0.5, 0.6) is 5.75 Å². The number of halogens is 2. The largest absolute Gasteiger partial charge is 0.497 e. The number of carbonyl (C=O) groups excluding carboxylic acids is 1. The zero-order chi connectivity index (χ0) is 19.9. The molecule has 1 amide bonds. The number of pyridine rings is 1. The molecular weight excluding hydrogens is 381 g/mol. The normalized spacial score (nSPS) is 10.4. The van der Waals surface area contributed by atoms with E-state index in [1.165, 1.54) is 18.2 Å². The maximum atomic E-state index is 13.2. The Labute approximate surface area is 167 Å². The molecule has 0 bridgehead atoms. The van der Waals surface area contributed by atoms with Crippen molar-refractivity contribution >= 4 is 29.0 Å². The molecule has 1 aromatic heterocycles. The molecule has 0 saturated carbocycles. The second-order valence-electron chi connectivity index (χ2n) is 6.04. The lowest BCUT2D eigenvalue weighted by Crippen LogP contribution is -2.13. The van der Waals surface area contributed by atoms with Crippen molar-refractivity contribution in [1.29, 1.82) is 0 Å². The number of ether oxygens (including phenoxy) is 1. The van der Waals surface area contributed by atoms with Crippen LogP contribution in [0.25, 0.3) is 0 Å². The number of nitrogens with one attached hydrogen (secondary N) is 2. The highest BCUT2D eigenvalue weighted by Gasteiger charge is 2.09. The van der Waals surface area contributed by atoms with E-state index in [4.69, 9.17) is 16.3 Å². The van der Waals surface area contributed by atoms with Gasteiger partial charge in [-0.05, 0) is 54.4 Å². The van der Waals surface area contributed by atoms with Crippen molar-refractivity contribution in [2.75, 3.05) is 24.3 Å². The van der Waals surface area contributed by atoms with Crippen LogP contribution in [0.2, 0.25) is 5.02 Å². The molecule has 0 aliphatic heterocycles. The highest BCUT2D eigenvalue weighted by molar-refractivity contribution is 6.31. The van der Waals surface area contributed by atoms with Gasteiger partial charge in [-0.3, -0.25) is 4.79 Å². The molecule has 3 aromatic rings. The fraction of sp³-hybridized carbons (Fsp3) is 0.143. The fourth-order valence-corrected chi connectivity index (χ4v) is 2.79. The van der Waals surface area contributed by atoms with Crippen molar-refractivity contribution < 1.29 is 13.9 Å². The first-order chi connectivity index (χ1) is 13.5. The van der Waals surface area contributed by atoms with Gasteiger partial charge in [0, 0.05) is 24.0 Å². The first-order valence-electron chi connectivity index (χ1n) is 8.64. The molecule has 0 radical (unpaired) electrons. The molecule has 144 valence electrons. The summed E-state index contributed by atoms with van der Waals surface area (Å²) < 4.78 is 18.4. The van der Waals surface area contributed by atoms with Gasteiger partial charge in [0.1, 0.15) is 17.4 Å². The van der Waals surface area contributed by atoms with Crippen LogP contribution in [0.15, 0.2) is 60.8 Å². The zero-order valence-electron chi connectivity index (χ0n) is 15.2. The summed E-state index contributed by atoms with van der Waals surface area (Å²) in [6.07, 6.45) is 2.34. The van der Waals surface area contributed by atoms with Crippen LogP contribution < -0.4 is 15.4 Å². The molecule has 0 atom stereocenters. The molecule has 0 aliphatic rings. The molecule has 0 aliphatic carbocycles. The fourth-order valence-electron chi connectivity index (χ4n) is 2.61. The van der Waals surface area contributed by atoms with Crippen molar-refractivity contribution in [3.8, 4) is 5.75 Å². The Balaban J connectivity index is 1.59. The van der Waals surface area contributed by atoms with Crippen LogP contribution in [0.1, 0.15) is 15.9 Å². The number of hydrogen-bond acceptors (Lipinski definition) is 4. The third kappa shape index (κ3) is 5.20. The average Bonchev–Trinajstić information content (AvgIpc) is 2.71. The maximum absolute atomic E-state index is 13.2. The van der Waals surface area contributed by atoms with E-state index in [1.54, 1.807) is 25.4 Å². The van der Waals surface area contributed by atoms with Gasteiger partial charge in [0.25, 0.3) is 5.91 Å². The van der Waals surface area contributed by atoms with Crippen LogP contribution in [-0.4, -0.2) is 24.5 Å². The quantitative estimate of drug-likeness (QED) is 0.599. The number of benzene rings is 2. The van der Waals surface area contributed by atoms with Gasteiger partial charge in [-0.1, -0.05) is 23.7 Å². The molecule has 0 unspecified atom stereocenters. The minimum absolute atomic E-state index is 0.0487. The number of anilines is 2. The summed E-state index contributed by atoms with van der Waals surface area (Å²) in [7, 11) is 1.64. The Morgan fingerprint density at radius 2 is 2.04 bits per heavy atom. The average molecular weight is 400 g/mol. The van der Waals surface area contributed by atoms with E-state index < -0.39 is 5.82 Å². The number of amides is 1. The summed E-state index contributed by atoms with van der Waals surface area (Å²) in [6.45, 7) is 0.652. The number of hydrogen-bond donors (Lipinski definition) is 2. The van der Waals surface area contributed by atoms with Gasteiger partial charge in [0.15, 0.2) is 0 Å². The van der Waals surface area contributed by atoms with Gasteiger partial charge in [-0.2, -0.15) is 0 Å². The summed E-state index contributed by atoms with van der Waals surface area (Å²) in [6, 6.07) is 15.1. The van der Waals surface area contributed by atoms with Crippen LogP contribution >= 0.6 is 11.6 Å². The molecule has 7 heteroatoms. The van der Waals surface area contributed by atoms with E-state index in [-0.39, 0.29) is 10.9 Å². The van der Waals surface area contributed by atoms with Gasteiger partial charge < -0.3 is 15.4 Å². The smallest absolute Gasteiger partial charge is 0.255 e. The summed E-state index contributed by atoms with van der Waals surface area (Å²) in [5, 5.41) is 5.84. The first kappa shape index (κ1) is 19.6. The standard InChI is InChI=1S/C21H19ClFN3O2/c1-28-17-4-2-3-14(11-17)7-9-24-20-12-15(8-10-25-20)21(27)26-16-5-6-19(23)18(22)13-16/h2-6,8,10-13H,7,9H2,1H3,(H,24,25)(H,26,27). The van der Waals surface area contributed by atoms with Crippen molar-refractivity contribution in [2.45, 2.75) is 6.42 Å². The predicted octanol–water partition coefficient (Wildman–Crippen LogP) is 4.79. The Morgan fingerprint density at radius 3 is 2.82 bits per heavy atom. The van der Waals surface area contributed by atoms with Crippen LogP contribution in [-0.2, 0) is 6.42 Å². The van der Waals surface area contributed by atoms with E-state index in [2.05, 4.69) is 15.6 Å². The van der Waals surface area contributed by atoms with Gasteiger partial charge in [0.2, 0.25) is 0 Å². The van der Waals surface area contributed by atoms with Crippen molar-refractivity contribution in [1.82, 2.24) is 4.98 Å². The van der Waals surface area contributed by atoms with Crippen LogP contribution in [0.3, 0.4) is 0 Å². The highest BCUT2D eigenvalue weighted by atomic mass is 35.5. The number of carbonyl (C=O) groups is 1. The Kier molecular flexibility index (Phi) is 6.45. The minimum atomic E-state index is -0.536. The van der Waals surface area contributed by atoms with Gasteiger partial charge in [-0.25, -0.2) is 9.37 Å². The van der Waals surface area contributed by atoms with Gasteiger partial charge in [0.05, 0.1) is 12.1 Å². The van der Waals surface area contributed by atoms with Crippen LogP contribution in [0, 0.1) is 5.82 Å². The summed E-state index contributed by atoms with van der Waals surface area (Å²) in [4.78, 5) is 16.6. The summed E-state index contributed by atoms with van der Waals surface area (Å²) in [5.74, 6) is 0.537. The van der Waals surface area contributed by atoms with E-state index >= 15 is 0 Å². The summed E-state index contributed by atoms with van der Waals surface area (Å²) in [5.41, 5.74) is 1.98. The van der Waals surface area contributed by atoms with Crippen LogP contribution in [0.4, 0.5) is 15.9 Å². The number of rotatable bonds is 7. The highest BCUT2D eigenvalue weighted by Crippen LogP contribution is 2.20. The molecule has 0 saturated heterocycles. The molecular formula is C21H19ClFN3O2. The van der Waals surface area contributed by atoms with Crippen molar-refractivity contribution in [3.63, 3.8) is 0 Å². The minimum Gasteiger partial charge on any atom is -0.497 e. The van der Waals surface area contributed by atoms with E-state index in [0.29, 0.717) is 23.6 Å². The predicted molar refractivity (Wildman–Crippen MR) is 109 cm³/mol. The van der Waals surface area contributed by atoms with Crippen molar-refractivity contribution in [2.24, 2.45) is 0 Å². The topological polar surface area (TPSA) is 63.2 Å². The third-order valence-corrected chi connectivity index (χ3v) is 4.34.